The Morgan fingerprint density at radius 1 is 0.896 bits per heavy atom. The molecule has 19 heteroatoms. The Labute approximate surface area is 392 Å². The number of imide groups is 2. The van der Waals surface area contributed by atoms with Crippen LogP contribution in [0.4, 0.5) is 0 Å². The first-order valence-electron chi connectivity index (χ1n) is 22.1. The predicted octanol–water partition coefficient (Wildman–Crippen LogP) is 4.59. The van der Waals surface area contributed by atoms with Gasteiger partial charge < -0.3 is 33.9 Å². The molecule has 2 atom stereocenters. The van der Waals surface area contributed by atoms with Crippen molar-refractivity contribution in [3.05, 3.63) is 110 Å². The molecule has 17 nitrogen and oxygen atoms in total. The van der Waals surface area contributed by atoms with Gasteiger partial charge in [-0.2, -0.15) is 0 Å². The lowest BCUT2D eigenvalue weighted by atomic mass is 9.97. The second-order valence-electron chi connectivity index (χ2n) is 16.3. The summed E-state index contributed by atoms with van der Waals surface area (Å²) in [5.74, 6) is -1.29. The van der Waals surface area contributed by atoms with Gasteiger partial charge in [-0.15, -0.1) is 11.3 Å². The molecule has 0 spiro atoms. The zero-order valence-corrected chi connectivity index (χ0v) is 39.3. The highest BCUT2D eigenvalue weighted by atomic mass is 32.2. The summed E-state index contributed by atoms with van der Waals surface area (Å²) in [4.78, 5) is 81.0. The largest absolute Gasteiger partial charge is 0.493 e. The second kappa shape index (κ2) is 22.2. The summed E-state index contributed by atoms with van der Waals surface area (Å²) in [6.45, 7) is 5.27. The fraction of sp³-hybridized carbons (Fsp3) is 0.417. The molecule has 3 aliphatic heterocycles. The lowest BCUT2D eigenvalue weighted by Crippen LogP contribution is -2.52. The smallest absolute Gasteiger partial charge is 0.262 e. The lowest BCUT2D eigenvalue weighted by molar-refractivity contribution is -0.137. The van der Waals surface area contributed by atoms with Crippen molar-refractivity contribution in [2.24, 2.45) is 0 Å². The maximum Gasteiger partial charge on any atom is 0.262 e. The molecular weight excluding hydrogens is 905 g/mol. The van der Waals surface area contributed by atoms with E-state index in [1.165, 1.54) is 29.4 Å². The number of ether oxygens (including phenoxy) is 5. The number of methoxy groups -OCH3 is 1. The minimum Gasteiger partial charge on any atom is -0.493 e. The number of Topliss-reactive ketones (excluding diaryl/α,β-unsaturated/α-hetero) is 1. The van der Waals surface area contributed by atoms with E-state index in [2.05, 4.69) is 10.6 Å². The van der Waals surface area contributed by atoms with Crippen LogP contribution in [0, 0.1) is 0 Å². The van der Waals surface area contributed by atoms with E-state index < -0.39 is 45.4 Å². The zero-order valence-electron chi connectivity index (χ0n) is 37.6. The van der Waals surface area contributed by atoms with Crippen LogP contribution in [0.2, 0.25) is 0 Å². The van der Waals surface area contributed by atoms with Crippen molar-refractivity contribution in [3.63, 3.8) is 0 Å². The van der Waals surface area contributed by atoms with E-state index in [1.54, 1.807) is 42.6 Å². The Hall–Kier alpha value is -5.99. The number of fused-ring (bicyclic) bond motifs is 2. The Morgan fingerprint density at radius 2 is 1.67 bits per heavy atom. The first kappa shape index (κ1) is 48.9. The minimum absolute atomic E-state index is 0.0731. The number of amides is 5. The van der Waals surface area contributed by atoms with Gasteiger partial charge in [0.15, 0.2) is 11.5 Å². The van der Waals surface area contributed by atoms with Crippen molar-refractivity contribution >= 4 is 56.5 Å². The van der Waals surface area contributed by atoms with E-state index in [0.29, 0.717) is 86.4 Å². The Morgan fingerprint density at radius 3 is 2.40 bits per heavy atom. The SMILES string of the molecule is CCOc1cc([C@@H](CS(C)(=O)=O)N2C(=O)c3cccc(CCC(=O)CCOCCOCCNCc4ccc(OCc5scc6c5CN(C5CCC(=O)NC5=O)C6=O)cc4)c3C2=O)ccc1OC. The summed E-state index contributed by atoms with van der Waals surface area (Å²) in [7, 11) is -2.19. The average molecular weight is 959 g/mol. The number of benzene rings is 3. The van der Waals surface area contributed by atoms with Gasteiger partial charge in [0.1, 0.15) is 34.0 Å². The van der Waals surface area contributed by atoms with Crippen LogP contribution in [0.1, 0.15) is 96.9 Å². The van der Waals surface area contributed by atoms with Gasteiger partial charge in [-0.25, -0.2) is 8.42 Å². The van der Waals surface area contributed by atoms with Crippen molar-refractivity contribution in [1.82, 2.24) is 20.4 Å². The summed E-state index contributed by atoms with van der Waals surface area (Å²) in [5, 5.41) is 7.46. The first-order valence-corrected chi connectivity index (χ1v) is 25.0. The molecule has 0 saturated carbocycles. The molecule has 67 heavy (non-hydrogen) atoms. The van der Waals surface area contributed by atoms with Gasteiger partial charge in [0.2, 0.25) is 11.8 Å². The Balaban J connectivity index is 0.775. The lowest BCUT2D eigenvalue weighted by Gasteiger charge is -2.29. The number of hydrogen-bond acceptors (Lipinski definition) is 15. The number of ketones is 1. The van der Waals surface area contributed by atoms with Crippen LogP contribution in [0.25, 0.3) is 0 Å². The van der Waals surface area contributed by atoms with Gasteiger partial charge in [0.25, 0.3) is 17.7 Å². The molecule has 4 heterocycles. The Bertz CT molecular complexity index is 2610. The molecule has 0 aliphatic carbocycles. The highest BCUT2D eigenvalue weighted by Gasteiger charge is 2.44. The molecule has 3 aliphatic rings. The maximum absolute atomic E-state index is 14.0. The van der Waals surface area contributed by atoms with Crippen LogP contribution in [0.15, 0.2) is 66.0 Å². The van der Waals surface area contributed by atoms with E-state index in [0.717, 1.165) is 27.2 Å². The molecule has 3 aromatic carbocycles. The van der Waals surface area contributed by atoms with Gasteiger partial charge in [0.05, 0.1) is 68.6 Å². The molecule has 1 fully saturated rings. The van der Waals surface area contributed by atoms with E-state index in [4.69, 9.17) is 23.7 Å². The molecule has 1 aromatic heterocycles. The quantitative estimate of drug-likeness (QED) is 0.0687. The van der Waals surface area contributed by atoms with Crippen molar-refractivity contribution in [1.29, 1.82) is 0 Å². The number of hydrogen-bond donors (Lipinski definition) is 2. The topological polar surface area (TPSA) is 213 Å². The van der Waals surface area contributed by atoms with E-state index in [-0.39, 0.29) is 67.6 Å². The molecule has 0 bridgehead atoms. The molecule has 7 rings (SSSR count). The van der Waals surface area contributed by atoms with Crippen LogP contribution >= 0.6 is 11.3 Å². The number of thiophene rings is 1. The number of nitrogens with zero attached hydrogens (tertiary/aromatic N) is 2. The molecule has 356 valence electrons. The number of nitrogens with one attached hydrogen (secondary N) is 2. The van der Waals surface area contributed by atoms with Gasteiger partial charge in [-0.3, -0.25) is 39.0 Å². The number of carbonyl (C=O) groups excluding carboxylic acids is 6. The molecule has 4 aromatic rings. The third-order valence-corrected chi connectivity index (χ3v) is 13.6. The van der Waals surface area contributed by atoms with Crippen LogP contribution in [0.3, 0.4) is 0 Å². The fourth-order valence-electron chi connectivity index (χ4n) is 8.30. The number of rotatable bonds is 25. The molecular formula is C48H54N4O13S2. The average Bonchev–Trinajstić information content (AvgIpc) is 3.94. The summed E-state index contributed by atoms with van der Waals surface area (Å²) < 4.78 is 53.6. The molecule has 1 saturated heterocycles. The van der Waals surface area contributed by atoms with Crippen molar-refractivity contribution in [3.8, 4) is 17.2 Å². The highest BCUT2D eigenvalue weighted by molar-refractivity contribution is 7.90. The van der Waals surface area contributed by atoms with Crippen LogP contribution in [-0.2, 0) is 59.8 Å². The summed E-state index contributed by atoms with van der Waals surface area (Å²) in [5.41, 5.74) is 3.76. The third-order valence-electron chi connectivity index (χ3n) is 11.7. The van der Waals surface area contributed by atoms with E-state index >= 15 is 0 Å². The van der Waals surface area contributed by atoms with Crippen molar-refractivity contribution in [2.75, 3.05) is 58.7 Å². The number of aryl methyl sites for hydroxylation is 1. The van der Waals surface area contributed by atoms with Crippen LogP contribution in [0.5, 0.6) is 17.2 Å². The Kier molecular flexibility index (Phi) is 16.2. The number of carbonyl (C=O) groups is 6. The van der Waals surface area contributed by atoms with Gasteiger partial charge in [-0.1, -0.05) is 30.3 Å². The first-order chi connectivity index (χ1) is 32.3. The predicted molar refractivity (Wildman–Crippen MR) is 246 cm³/mol. The van der Waals surface area contributed by atoms with Gasteiger partial charge >= 0.3 is 0 Å². The standard InChI is InChI=1S/C48H54N4O13S2/c1-4-64-41-24-32(11-16-40(41)61-2)39(29-67(3,59)60)52-47(57)35-7-5-6-31(44(35)48(52)58)10-12-33(53)18-20-62-22-23-63-21-19-49-25-30-8-13-34(14-9-30)65-27-42-36-26-51(46(56)37(36)28-66-42)38-15-17-43(54)50-45(38)55/h5-9,11,13-14,16,24,28,38-39,49H,4,10,12,15,17-23,25-27,29H2,1-3H3,(H,50,54,55)/t38?,39-/m1/s1. The van der Waals surface area contributed by atoms with Crippen molar-refractivity contribution < 1.29 is 60.9 Å². The number of sulfone groups is 1. The van der Waals surface area contributed by atoms with E-state index in [9.17, 15) is 37.2 Å². The monoisotopic (exact) mass is 958 g/mol. The van der Waals surface area contributed by atoms with Gasteiger partial charge in [-0.05, 0) is 66.8 Å². The summed E-state index contributed by atoms with van der Waals surface area (Å²) in [6.07, 6.45) is 2.08. The van der Waals surface area contributed by atoms with Crippen molar-refractivity contribution in [2.45, 2.75) is 70.8 Å². The second-order valence-corrected chi connectivity index (χ2v) is 19.5. The van der Waals surface area contributed by atoms with Gasteiger partial charge in [0, 0.05) is 61.0 Å². The van der Waals surface area contributed by atoms with Crippen LogP contribution < -0.4 is 24.8 Å². The zero-order chi connectivity index (χ0) is 47.7. The summed E-state index contributed by atoms with van der Waals surface area (Å²) in [6, 6.07) is 15.6. The number of piperidine rings is 1. The summed E-state index contributed by atoms with van der Waals surface area (Å²) >= 11 is 1.45. The fourth-order valence-corrected chi connectivity index (χ4v) is 10.2. The van der Waals surface area contributed by atoms with E-state index in [1.807, 2.05) is 24.3 Å². The van der Waals surface area contributed by atoms with Crippen LogP contribution in [-0.4, -0.2) is 118 Å². The highest BCUT2D eigenvalue weighted by Crippen LogP contribution is 2.38. The molecule has 0 radical (unpaired) electrons. The normalized spacial score (nSPS) is 16.3. The molecule has 1 unspecified atom stereocenters. The third kappa shape index (κ3) is 11.9. The molecule has 2 N–H and O–H groups in total. The minimum atomic E-state index is -3.66. The maximum atomic E-state index is 14.0. The molecule has 5 amide bonds.